The highest BCUT2D eigenvalue weighted by Gasteiger charge is 2.25. The zero-order valence-electron chi connectivity index (χ0n) is 11.5. The number of aromatic nitrogens is 2. The molecule has 1 aromatic heterocycles. The molecule has 0 aliphatic carbocycles. The number of methoxy groups -OCH3 is 1. The molecule has 7 nitrogen and oxygen atoms in total. The van der Waals surface area contributed by atoms with Crippen molar-refractivity contribution >= 4 is 0 Å². The number of nitrogens with two attached hydrogens (primary N) is 1. The monoisotopic (exact) mass is 270 g/mol. The van der Waals surface area contributed by atoms with Crippen LogP contribution in [-0.4, -0.2) is 61.0 Å². The van der Waals surface area contributed by atoms with Crippen molar-refractivity contribution in [2.75, 3.05) is 39.9 Å². The Labute approximate surface area is 113 Å². The Bertz CT molecular complexity index is 381. The van der Waals surface area contributed by atoms with E-state index in [1.54, 1.807) is 7.11 Å². The Kier molecular flexibility index (Phi) is 5.26. The SMILES string of the molecule is CCN1CCOC(c2noc(CC(CN)OC)n2)C1. The lowest BCUT2D eigenvalue weighted by Gasteiger charge is -2.30. The van der Waals surface area contributed by atoms with Gasteiger partial charge in [0.15, 0.2) is 0 Å². The quantitative estimate of drug-likeness (QED) is 0.777. The number of nitrogens with zero attached hydrogens (tertiary/aromatic N) is 3. The molecule has 1 aliphatic heterocycles. The van der Waals surface area contributed by atoms with Crippen molar-refractivity contribution in [3.8, 4) is 0 Å². The van der Waals surface area contributed by atoms with Gasteiger partial charge in [-0.3, -0.25) is 4.90 Å². The van der Waals surface area contributed by atoms with Gasteiger partial charge in [0.2, 0.25) is 11.7 Å². The summed E-state index contributed by atoms with van der Waals surface area (Å²) in [6, 6.07) is 0. The first-order chi connectivity index (χ1) is 9.26. The lowest BCUT2D eigenvalue weighted by molar-refractivity contribution is -0.0334. The molecule has 0 saturated carbocycles. The van der Waals surface area contributed by atoms with Crippen molar-refractivity contribution in [2.45, 2.75) is 25.6 Å². The molecule has 2 N–H and O–H groups in total. The molecule has 0 amide bonds. The molecule has 2 atom stereocenters. The maximum atomic E-state index is 5.68. The summed E-state index contributed by atoms with van der Waals surface area (Å²) in [7, 11) is 1.62. The van der Waals surface area contributed by atoms with E-state index in [1.807, 2.05) is 0 Å². The molecule has 1 fully saturated rings. The van der Waals surface area contributed by atoms with Gasteiger partial charge < -0.3 is 19.7 Å². The predicted octanol–water partition coefficient (Wildman–Crippen LogP) is -0.0210. The summed E-state index contributed by atoms with van der Waals surface area (Å²) in [5.41, 5.74) is 5.57. The zero-order chi connectivity index (χ0) is 13.7. The summed E-state index contributed by atoms with van der Waals surface area (Å²) in [5, 5.41) is 4.00. The Morgan fingerprint density at radius 2 is 2.42 bits per heavy atom. The molecule has 1 aliphatic rings. The molecule has 2 heterocycles. The summed E-state index contributed by atoms with van der Waals surface area (Å²) in [4.78, 5) is 6.68. The molecule has 0 bridgehead atoms. The van der Waals surface area contributed by atoms with Gasteiger partial charge in [0.25, 0.3) is 0 Å². The first-order valence-electron chi connectivity index (χ1n) is 6.66. The van der Waals surface area contributed by atoms with E-state index >= 15 is 0 Å². The number of likely N-dealkylation sites (N-methyl/N-ethyl adjacent to an activating group) is 1. The summed E-state index contributed by atoms with van der Waals surface area (Å²) < 4.78 is 16.1. The fourth-order valence-corrected chi connectivity index (χ4v) is 2.09. The normalized spacial score (nSPS) is 22.6. The molecule has 0 radical (unpaired) electrons. The maximum Gasteiger partial charge on any atom is 0.229 e. The van der Waals surface area contributed by atoms with Gasteiger partial charge in [-0.15, -0.1) is 0 Å². The van der Waals surface area contributed by atoms with Gasteiger partial charge in [-0.25, -0.2) is 0 Å². The van der Waals surface area contributed by atoms with Crippen LogP contribution in [0.4, 0.5) is 0 Å². The van der Waals surface area contributed by atoms with Gasteiger partial charge in [0, 0.05) is 26.7 Å². The van der Waals surface area contributed by atoms with Crippen molar-refractivity contribution in [1.29, 1.82) is 0 Å². The highest BCUT2D eigenvalue weighted by atomic mass is 16.5. The minimum atomic E-state index is -0.106. The maximum absolute atomic E-state index is 5.68. The van der Waals surface area contributed by atoms with E-state index in [4.69, 9.17) is 19.7 Å². The van der Waals surface area contributed by atoms with Crippen LogP contribution in [0.3, 0.4) is 0 Å². The van der Waals surface area contributed by atoms with Crippen molar-refractivity contribution in [2.24, 2.45) is 5.73 Å². The summed E-state index contributed by atoms with van der Waals surface area (Å²) in [5.74, 6) is 1.16. The molecule has 108 valence electrons. The third-order valence-electron chi connectivity index (χ3n) is 3.37. The van der Waals surface area contributed by atoms with E-state index in [0.29, 0.717) is 31.3 Å². The average Bonchev–Trinajstić information content (AvgIpc) is 2.93. The summed E-state index contributed by atoms with van der Waals surface area (Å²) >= 11 is 0. The van der Waals surface area contributed by atoms with Crippen LogP contribution in [0.25, 0.3) is 0 Å². The number of hydrogen-bond acceptors (Lipinski definition) is 7. The fraction of sp³-hybridized carbons (Fsp3) is 0.833. The van der Waals surface area contributed by atoms with E-state index < -0.39 is 0 Å². The standard InChI is InChI=1S/C12H22N4O3/c1-3-16-4-5-18-10(8-16)12-14-11(19-15-12)6-9(7-13)17-2/h9-10H,3-8,13H2,1-2H3. The number of ether oxygens (including phenoxy) is 2. The predicted molar refractivity (Wildman–Crippen MR) is 68.7 cm³/mol. The third kappa shape index (κ3) is 3.73. The average molecular weight is 270 g/mol. The third-order valence-corrected chi connectivity index (χ3v) is 3.37. The number of morpholine rings is 1. The number of hydrogen-bond donors (Lipinski definition) is 1. The zero-order valence-corrected chi connectivity index (χ0v) is 11.5. The molecule has 2 rings (SSSR count). The molecule has 1 aromatic rings. The lowest BCUT2D eigenvalue weighted by atomic mass is 10.2. The second-order valence-corrected chi connectivity index (χ2v) is 4.60. The Balaban J connectivity index is 1.96. The van der Waals surface area contributed by atoms with Crippen molar-refractivity contribution in [3.05, 3.63) is 11.7 Å². The molecule has 2 unspecified atom stereocenters. The lowest BCUT2D eigenvalue weighted by Crippen LogP contribution is -2.38. The van der Waals surface area contributed by atoms with Crippen LogP contribution in [0, 0.1) is 0 Å². The first kappa shape index (κ1) is 14.4. The molecule has 19 heavy (non-hydrogen) atoms. The Morgan fingerprint density at radius 3 is 3.11 bits per heavy atom. The highest BCUT2D eigenvalue weighted by molar-refractivity contribution is 4.95. The first-order valence-corrected chi connectivity index (χ1v) is 6.66. The Hall–Kier alpha value is -1.02. The highest BCUT2D eigenvalue weighted by Crippen LogP contribution is 2.19. The van der Waals surface area contributed by atoms with E-state index in [2.05, 4.69) is 22.0 Å². The molecule has 7 heteroatoms. The van der Waals surface area contributed by atoms with Gasteiger partial charge in [-0.2, -0.15) is 4.98 Å². The van der Waals surface area contributed by atoms with Crippen molar-refractivity contribution in [1.82, 2.24) is 15.0 Å². The second-order valence-electron chi connectivity index (χ2n) is 4.60. The van der Waals surface area contributed by atoms with Gasteiger partial charge in [0.1, 0.15) is 6.10 Å². The van der Waals surface area contributed by atoms with Crippen LogP contribution in [0.15, 0.2) is 4.52 Å². The smallest absolute Gasteiger partial charge is 0.229 e. The molecular weight excluding hydrogens is 248 g/mol. The summed E-state index contributed by atoms with van der Waals surface area (Å²) in [6.07, 6.45) is 0.335. The van der Waals surface area contributed by atoms with Crippen LogP contribution in [0.5, 0.6) is 0 Å². The molecule has 1 saturated heterocycles. The topological polar surface area (TPSA) is 86.6 Å². The minimum absolute atomic E-state index is 0.0901. The van der Waals surface area contributed by atoms with Crippen molar-refractivity contribution in [3.63, 3.8) is 0 Å². The van der Waals surface area contributed by atoms with Gasteiger partial charge in [0.05, 0.1) is 19.1 Å². The molecule has 0 aromatic carbocycles. The molecular formula is C12H22N4O3. The second kappa shape index (κ2) is 6.95. The van der Waals surface area contributed by atoms with Crippen LogP contribution in [0.1, 0.15) is 24.7 Å². The van der Waals surface area contributed by atoms with Gasteiger partial charge in [-0.1, -0.05) is 12.1 Å². The van der Waals surface area contributed by atoms with E-state index in [0.717, 1.165) is 19.6 Å². The van der Waals surface area contributed by atoms with E-state index in [1.165, 1.54) is 0 Å². The van der Waals surface area contributed by atoms with E-state index in [-0.39, 0.29) is 12.2 Å². The Morgan fingerprint density at radius 1 is 1.58 bits per heavy atom. The van der Waals surface area contributed by atoms with E-state index in [9.17, 15) is 0 Å². The van der Waals surface area contributed by atoms with Crippen LogP contribution in [-0.2, 0) is 15.9 Å². The van der Waals surface area contributed by atoms with Crippen molar-refractivity contribution < 1.29 is 14.0 Å². The molecule has 0 spiro atoms. The fourth-order valence-electron chi connectivity index (χ4n) is 2.09. The van der Waals surface area contributed by atoms with Crippen LogP contribution in [0.2, 0.25) is 0 Å². The van der Waals surface area contributed by atoms with Gasteiger partial charge in [-0.05, 0) is 6.54 Å². The van der Waals surface area contributed by atoms with Gasteiger partial charge >= 0.3 is 0 Å². The summed E-state index contributed by atoms with van der Waals surface area (Å²) in [6.45, 7) is 6.03. The minimum Gasteiger partial charge on any atom is -0.380 e. The van der Waals surface area contributed by atoms with Crippen LogP contribution >= 0.6 is 0 Å². The number of rotatable bonds is 6. The largest absolute Gasteiger partial charge is 0.380 e. The van der Waals surface area contributed by atoms with Crippen LogP contribution < -0.4 is 5.73 Å².